The van der Waals surface area contributed by atoms with Crippen LogP contribution in [0.15, 0.2) is 158 Å². The molecule has 11 rings (SSSR count). The first-order valence-electron chi connectivity index (χ1n) is 20.7. The highest BCUT2D eigenvalue weighted by molar-refractivity contribution is 7.25. The number of fused-ring (bicyclic) bond motifs is 10. The van der Waals surface area contributed by atoms with Crippen LogP contribution in [0.25, 0.3) is 64.3 Å². The zero-order valence-corrected chi connectivity index (χ0v) is 35.2. The fraction of sp³-hybridized carbons (Fsp3) is 0.179. The number of benzene rings is 8. The molecule has 0 saturated carbocycles. The molecule has 9 aromatic rings. The van der Waals surface area contributed by atoms with Gasteiger partial charge < -0.3 is 4.90 Å². The molecule has 0 unspecified atom stereocenters. The van der Waals surface area contributed by atoms with Gasteiger partial charge in [0.05, 0.1) is 5.69 Å². The van der Waals surface area contributed by atoms with Crippen LogP contribution in [0.5, 0.6) is 0 Å². The molecule has 0 spiro atoms. The summed E-state index contributed by atoms with van der Waals surface area (Å²) in [5.41, 5.74) is 18.2. The van der Waals surface area contributed by atoms with E-state index in [1.807, 2.05) is 11.3 Å². The van der Waals surface area contributed by atoms with E-state index in [2.05, 4.69) is 211 Å². The van der Waals surface area contributed by atoms with E-state index in [9.17, 15) is 0 Å². The van der Waals surface area contributed by atoms with Gasteiger partial charge in [0.25, 0.3) is 0 Å². The molecule has 0 atom stereocenters. The maximum atomic E-state index is 2.64. The van der Waals surface area contributed by atoms with Gasteiger partial charge in [-0.2, -0.15) is 0 Å². The van der Waals surface area contributed by atoms with E-state index in [0.717, 1.165) is 5.69 Å². The van der Waals surface area contributed by atoms with Crippen LogP contribution >= 0.6 is 11.3 Å². The zero-order valence-electron chi connectivity index (χ0n) is 34.4. The number of rotatable bonds is 4. The van der Waals surface area contributed by atoms with E-state index in [-0.39, 0.29) is 16.2 Å². The summed E-state index contributed by atoms with van der Waals surface area (Å²) in [6.07, 6.45) is 0. The Labute approximate surface area is 346 Å². The van der Waals surface area contributed by atoms with Gasteiger partial charge in [0.1, 0.15) is 0 Å². The lowest BCUT2D eigenvalue weighted by molar-refractivity contribution is 0.587. The lowest BCUT2D eigenvalue weighted by Gasteiger charge is -2.39. The van der Waals surface area contributed by atoms with Crippen LogP contribution in [0.4, 0.5) is 17.1 Å². The molecule has 1 nitrogen and oxygen atoms in total. The van der Waals surface area contributed by atoms with Crippen molar-refractivity contribution in [2.45, 2.75) is 64.7 Å². The minimum atomic E-state index is -0.258. The number of hydrogen-bond donors (Lipinski definition) is 0. The van der Waals surface area contributed by atoms with Crippen molar-refractivity contribution in [1.82, 2.24) is 0 Å². The molecule has 0 amide bonds. The average molecular weight is 766 g/mol. The SMILES string of the molecule is CC(C)(C)c1c2c(c(N(c3ccc(-c4ccc5ccccc5c4)cc3)c3ccc4c(c3)sc3ccccc34)c3c1-c1ccccc1C3(C)C)C(C)(C)c1ccccc1-2. The average Bonchev–Trinajstić information content (AvgIpc) is 3.80. The van der Waals surface area contributed by atoms with Crippen molar-refractivity contribution in [3.8, 4) is 33.4 Å². The molecule has 2 heteroatoms. The maximum Gasteiger partial charge on any atom is 0.0556 e. The third-order valence-corrected chi connectivity index (χ3v) is 14.4. The summed E-state index contributed by atoms with van der Waals surface area (Å²) < 4.78 is 2.63. The van der Waals surface area contributed by atoms with Gasteiger partial charge in [-0.25, -0.2) is 0 Å². The topological polar surface area (TPSA) is 3.24 Å². The Morgan fingerprint density at radius 2 is 1.00 bits per heavy atom. The van der Waals surface area contributed by atoms with Crippen LogP contribution in [-0.2, 0) is 16.2 Å². The molecule has 0 saturated heterocycles. The molecule has 0 bridgehead atoms. The number of nitrogens with zero attached hydrogens (tertiary/aromatic N) is 1. The summed E-state index contributed by atoms with van der Waals surface area (Å²) in [4.78, 5) is 2.64. The lowest BCUT2D eigenvalue weighted by atomic mass is 9.71. The van der Waals surface area contributed by atoms with Crippen LogP contribution in [-0.4, -0.2) is 0 Å². The van der Waals surface area contributed by atoms with Crippen LogP contribution in [0.2, 0.25) is 0 Å². The van der Waals surface area contributed by atoms with E-state index in [4.69, 9.17) is 0 Å². The summed E-state index contributed by atoms with van der Waals surface area (Å²) >= 11 is 1.89. The van der Waals surface area contributed by atoms with Gasteiger partial charge in [0.2, 0.25) is 0 Å². The Morgan fingerprint density at radius 1 is 0.466 bits per heavy atom. The monoisotopic (exact) mass is 765 g/mol. The van der Waals surface area contributed by atoms with E-state index in [1.165, 1.54) is 104 Å². The van der Waals surface area contributed by atoms with Gasteiger partial charge in [-0.15, -0.1) is 11.3 Å². The number of hydrogen-bond acceptors (Lipinski definition) is 2. The molecule has 0 aliphatic heterocycles. The van der Waals surface area contributed by atoms with Crippen molar-refractivity contribution in [2.24, 2.45) is 0 Å². The highest BCUT2D eigenvalue weighted by Gasteiger charge is 2.50. The lowest BCUT2D eigenvalue weighted by Crippen LogP contribution is -2.27. The summed E-state index contributed by atoms with van der Waals surface area (Å²) in [5.74, 6) is 0. The second kappa shape index (κ2) is 12.3. The van der Waals surface area contributed by atoms with E-state index in [1.54, 1.807) is 0 Å². The minimum absolute atomic E-state index is 0.115. The van der Waals surface area contributed by atoms with Crippen molar-refractivity contribution >= 4 is 59.3 Å². The Kier molecular flexibility index (Phi) is 7.45. The highest BCUT2D eigenvalue weighted by atomic mass is 32.1. The second-order valence-electron chi connectivity index (χ2n) is 18.5. The molecule has 2 aliphatic rings. The Hall–Kier alpha value is -5.96. The number of anilines is 3. The normalized spacial score (nSPS) is 14.7. The first-order chi connectivity index (χ1) is 27.9. The van der Waals surface area contributed by atoms with Gasteiger partial charge in [0.15, 0.2) is 0 Å². The van der Waals surface area contributed by atoms with Gasteiger partial charge in [0, 0.05) is 42.4 Å². The first kappa shape index (κ1) is 35.2. The molecule has 8 aromatic carbocycles. The van der Waals surface area contributed by atoms with Crippen molar-refractivity contribution in [3.05, 3.63) is 186 Å². The molecular formula is C56H47NS. The minimum Gasteiger partial charge on any atom is -0.310 e. The van der Waals surface area contributed by atoms with E-state index in [0.29, 0.717) is 0 Å². The number of thiophene rings is 1. The molecular weight excluding hydrogens is 719 g/mol. The van der Waals surface area contributed by atoms with Crippen LogP contribution < -0.4 is 4.90 Å². The first-order valence-corrected chi connectivity index (χ1v) is 21.5. The Bertz CT molecular complexity index is 3060. The molecule has 0 radical (unpaired) electrons. The van der Waals surface area contributed by atoms with Crippen molar-refractivity contribution in [3.63, 3.8) is 0 Å². The Morgan fingerprint density at radius 3 is 1.66 bits per heavy atom. The van der Waals surface area contributed by atoms with Gasteiger partial charge >= 0.3 is 0 Å². The molecule has 2 aliphatic carbocycles. The standard InChI is InChI=1S/C56H47NS/c1-54(2,3)50-48-42-19-10-13-21-44(42)55(4,5)51(48)53(52-49(50)43-20-11-14-22-45(43)56(52,6)7)57(39-30-31-41-40-18-12-15-23-46(40)58-47(41)33-39)38-28-26-35(27-29-38)37-25-24-34-16-8-9-17-36(34)32-37/h8-33H,1-7H3. The predicted octanol–water partition coefficient (Wildman–Crippen LogP) is 16.3. The van der Waals surface area contributed by atoms with Crippen LogP contribution in [0.1, 0.15) is 76.3 Å². The molecule has 0 N–H and O–H groups in total. The highest BCUT2D eigenvalue weighted by Crippen LogP contribution is 2.65. The predicted molar refractivity (Wildman–Crippen MR) is 251 cm³/mol. The Balaban J connectivity index is 1.26. The summed E-state index contributed by atoms with van der Waals surface area (Å²) in [7, 11) is 0. The van der Waals surface area contributed by atoms with Crippen LogP contribution in [0, 0.1) is 0 Å². The summed E-state index contributed by atoms with van der Waals surface area (Å²) in [6.45, 7) is 17.1. The van der Waals surface area contributed by atoms with Crippen molar-refractivity contribution in [1.29, 1.82) is 0 Å². The van der Waals surface area contributed by atoms with Crippen molar-refractivity contribution < 1.29 is 0 Å². The zero-order chi connectivity index (χ0) is 39.7. The largest absolute Gasteiger partial charge is 0.310 e. The van der Waals surface area contributed by atoms with Gasteiger partial charge in [-0.3, -0.25) is 0 Å². The molecule has 0 fully saturated rings. The molecule has 282 valence electrons. The quantitative estimate of drug-likeness (QED) is 0.172. The fourth-order valence-corrected chi connectivity index (χ4v) is 11.8. The van der Waals surface area contributed by atoms with Gasteiger partial charge in [-0.1, -0.05) is 170 Å². The van der Waals surface area contributed by atoms with E-state index >= 15 is 0 Å². The smallest absolute Gasteiger partial charge is 0.0556 e. The van der Waals surface area contributed by atoms with Crippen LogP contribution in [0.3, 0.4) is 0 Å². The summed E-state index contributed by atoms with van der Waals surface area (Å²) in [6, 6.07) is 59.3. The van der Waals surface area contributed by atoms with Gasteiger partial charge in [-0.05, 0) is 114 Å². The van der Waals surface area contributed by atoms with E-state index < -0.39 is 0 Å². The molecule has 58 heavy (non-hydrogen) atoms. The summed E-state index contributed by atoms with van der Waals surface area (Å²) in [5, 5.41) is 5.16. The second-order valence-corrected chi connectivity index (χ2v) is 19.6. The fourth-order valence-electron chi connectivity index (χ4n) is 10.7. The third kappa shape index (κ3) is 4.94. The van der Waals surface area contributed by atoms with Crippen molar-refractivity contribution in [2.75, 3.05) is 4.90 Å². The molecule has 1 aromatic heterocycles. The third-order valence-electron chi connectivity index (χ3n) is 13.3. The molecule has 1 heterocycles. The maximum absolute atomic E-state index is 2.64.